The lowest BCUT2D eigenvalue weighted by Crippen LogP contribution is -2.30. The minimum absolute atomic E-state index is 0.102. The van der Waals surface area contributed by atoms with Gasteiger partial charge in [0.1, 0.15) is 0 Å². The molecule has 3 unspecified atom stereocenters. The quantitative estimate of drug-likeness (QED) is 0.452. The molecule has 6 nitrogen and oxygen atoms in total. The first-order valence-corrected chi connectivity index (χ1v) is 13.8. The Hall–Kier alpha value is -3.45. The zero-order chi connectivity index (χ0) is 26.7. The highest BCUT2D eigenvalue weighted by molar-refractivity contribution is 6.10. The van der Waals surface area contributed by atoms with E-state index in [9.17, 15) is 14.4 Å². The summed E-state index contributed by atoms with van der Waals surface area (Å²) >= 11 is 0. The number of ketones is 3. The number of epoxide rings is 3. The summed E-state index contributed by atoms with van der Waals surface area (Å²) in [5, 5.41) is 0. The smallest absolute Gasteiger partial charge is 0.201 e. The van der Waals surface area contributed by atoms with E-state index in [1.165, 1.54) is 17.6 Å². The van der Waals surface area contributed by atoms with Gasteiger partial charge in [-0.3, -0.25) is 14.4 Å². The van der Waals surface area contributed by atoms with E-state index in [1.807, 2.05) is 66.8 Å². The van der Waals surface area contributed by atoms with Crippen LogP contribution in [0.4, 0.5) is 0 Å². The minimum Gasteiger partial charge on any atom is -0.361 e. The van der Waals surface area contributed by atoms with Crippen molar-refractivity contribution in [2.75, 3.05) is 19.8 Å². The van der Waals surface area contributed by atoms with E-state index >= 15 is 0 Å². The van der Waals surface area contributed by atoms with Crippen LogP contribution in [0.5, 0.6) is 0 Å². The molecule has 198 valence electrons. The van der Waals surface area contributed by atoms with E-state index in [2.05, 4.69) is 6.08 Å². The van der Waals surface area contributed by atoms with Crippen LogP contribution in [0.25, 0.3) is 6.08 Å². The van der Waals surface area contributed by atoms with Gasteiger partial charge in [-0.15, -0.1) is 0 Å². The maximum Gasteiger partial charge on any atom is 0.201 e. The van der Waals surface area contributed by atoms with Crippen LogP contribution < -0.4 is 0 Å². The lowest BCUT2D eigenvalue weighted by molar-refractivity contribution is -0.119. The zero-order valence-electron chi connectivity index (χ0n) is 21.7. The second-order valence-electron chi connectivity index (χ2n) is 11.2. The molecular weight excluding hydrogens is 492 g/mol. The topological polar surface area (TPSA) is 88.8 Å². The zero-order valence-corrected chi connectivity index (χ0v) is 21.7. The maximum absolute atomic E-state index is 11.9. The normalized spacial score (nSPS) is 32.1. The van der Waals surface area contributed by atoms with Gasteiger partial charge < -0.3 is 14.2 Å². The molecule has 3 spiro atoms. The van der Waals surface area contributed by atoms with Gasteiger partial charge >= 0.3 is 0 Å². The van der Waals surface area contributed by atoms with E-state index in [0.717, 1.165) is 54.4 Å². The highest BCUT2D eigenvalue weighted by Gasteiger charge is 2.54. The lowest BCUT2D eigenvalue weighted by Gasteiger charge is -2.22. The number of Topliss-reactive ketones (excluding diaryl/α,β-unsaturated/α-hetero) is 3. The summed E-state index contributed by atoms with van der Waals surface area (Å²) in [4.78, 5) is 35.6. The van der Waals surface area contributed by atoms with Crippen LogP contribution in [-0.2, 0) is 25.4 Å². The molecule has 4 aliphatic carbocycles. The van der Waals surface area contributed by atoms with Gasteiger partial charge in [-0.05, 0) is 67.4 Å². The number of allylic oxidation sites excluding steroid dienone is 2. The number of carbonyl (C=O) groups excluding carboxylic acids is 3. The van der Waals surface area contributed by atoms with Gasteiger partial charge in [0.2, 0.25) is 5.78 Å². The van der Waals surface area contributed by atoms with Gasteiger partial charge in [-0.25, -0.2) is 0 Å². The van der Waals surface area contributed by atoms with E-state index in [1.54, 1.807) is 0 Å². The number of benzene rings is 2. The molecule has 6 heteroatoms. The first-order chi connectivity index (χ1) is 19.0. The SMILES string of the molecule is O=C1C2=C(C=CC13CO3)CCCC2.O=C1c2ccccc2C=CC12CO2.O=C1c2ccccc2CCC12CO2. The van der Waals surface area contributed by atoms with Crippen LogP contribution in [0.3, 0.4) is 0 Å². The molecule has 0 aromatic heterocycles. The minimum atomic E-state index is -0.589. The van der Waals surface area contributed by atoms with Gasteiger partial charge in [0.25, 0.3) is 0 Å². The second-order valence-corrected chi connectivity index (χ2v) is 11.2. The Morgan fingerprint density at radius 1 is 0.615 bits per heavy atom. The number of aryl methyl sites for hydroxylation is 1. The van der Waals surface area contributed by atoms with Crippen LogP contribution >= 0.6 is 0 Å². The van der Waals surface area contributed by atoms with Crippen LogP contribution in [0, 0.1) is 0 Å². The van der Waals surface area contributed by atoms with Gasteiger partial charge in [-0.2, -0.15) is 0 Å². The fraction of sp³-hybridized carbons (Fsp3) is 0.364. The highest BCUT2D eigenvalue weighted by atomic mass is 16.6. The molecule has 2 aromatic carbocycles. The van der Waals surface area contributed by atoms with Gasteiger partial charge in [0, 0.05) is 16.7 Å². The molecule has 3 atom stereocenters. The molecule has 0 amide bonds. The predicted molar refractivity (Wildman–Crippen MR) is 145 cm³/mol. The highest BCUT2D eigenvalue weighted by Crippen LogP contribution is 2.42. The van der Waals surface area contributed by atoms with Crippen molar-refractivity contribution in [1.82, 2.24) is 0 Å². The van der Waals surface area contributed by atoms with Crippen LogP contribution in [-0.4, -0.2) is 54.0 Å². The average Bonchev–Trinajstić information content (AvgIpc) is 3.87. The Morgan fingerprint density at radius 3 is 2.00 bits per heavy atom. The van der Waals surface area contributed by atoms with Gasteiger partial charge in [0.15, 0.2) is 28.4 Å². The number of carbonyl (C=O) groups is 3. The summed E-state index contributed by atoms with van der Waals surface area (Å²) in [5.41, 5.74) is 4.62. The van der Waals surface area contributed by atoms with Crippen LogP contribution in [0.15, 0.2) is 77.9 Å². The second kappa shape index (κ2) is 9.05. The van der Waals surface area contributed by atoms with E-state index in [0.29, 0.717) is 19.8 Å². The van der Waals surface area contributed by atoms with Crippen molar-refractivity contribution in [3.05, 3.63) is 100 Å². The summed E-state index contributed by atoms with van der Waals surface area (Å²) in [7, 11) is 0. The molecule has 0 N–H and O–H groups in total. The number of fused-ring (bicyclic) bond motifs is 2. The third-order valence-corrected chi connectivity index (χ3v) is 8.72. The molecule has 3 heterocycles. The molecule has 0 saturated carbocycles. The standard InChI is InChI=1S/C11H12O2.C11H10O2.C11H8O2/c3*12-10-9-4-2-1-3-8(9)5-6-11(10)7-13-11/h5-6H,1-4,7H2;1-4H,5-7H2;1-6H,7H2. The summed E-state index contributed by atoms with van der Waals surface area (Å²) in [6.45, 7) is 1.76. The molecule has 7 aliphatic rings. The molecule has 0 radical (unpaired) electrons. The Kier molecular flexibility index (Phi) is 5.70. The van der Waals surface area contributed by atoms with Crippen molar-refractivity contribution in [3.8, 4) is 0 Å². The third-order valence-electron chi connectivity index (χ3n) is 8.72. The molecule has 39 heavy (non-hydrogen) atoms. The van der Waals surface area contributed by atoms with Gasteiger partial charge in [-0.1, -0.05) is 60.7 Å². The Morgan fingerprint density at radius 2 is 1.26 bits per heavy atom. The fourth-order valence-electron chi connectivity index (χ4n) is 5.94. The third kappa shape index (κ3) is 4.27. The first-order valence-electron chi connectivity index (χ1n) is 13.8. The van der Waals surface area contributed by atoms with Crippen LogP contribution in [0.2, 0.25) is 0 Å². The maximum atomic E-state index is 11.9. The number of ether oxygens (including phenoxy) is 3. The van der Waals surface area contributed by atoms with Crippen molar-refractivity contribution in [2.24, 2.45) is 0 Å². The fourth-order valence-corrected chi connectivity index (χ4v) is 5.94. The van der Waals surface area contributed by atoms with Crippen LogP contribution in [0.1, 0.15) is 63.9 Å². The molecule has 3 aliphatic heterocycles. The van der Waals surface area contributed by atoms with Crippen molar-refractivity contribution >= 4 is 23.4 Å². The molecule has 0 bridgehead atoms. The molecular formula is C33H30O6. The number of rotatable bonds is 0. The number of hydrogen-bond donors (Lipinski definition) is 0. The largest absolute Gasteiger partial charge is 0.361 e. The monoisotopic (exact) mass is 522 g/mol. The van der Waals surface area contributed by atoms with Crippen molar-refractivity contribution in [1.29, 1.82) is 0 Å². The summed E-state index contributed by atoms with van der Waals surface area (Å²) in [6, 6.07) is 15.4. The van der Waals surface area contributed by atoms with Crippen molar-refractivity contribution in [2.45, 2.75) is 55.3 Å². The Labute approximate surface area is 227 Å². The average molecular weight is 523 g/mol. The number of hydrogen-bond acceptors (Lipinski definition) is 6. The van der Waals surface area contributed by atoms with Gasteiger partial charge in [0.05, 0.1) is 19.8 Å². The van der Waals surface area contributed by atoms with Crippen molar-refractivity contribution < 1.29 is 28.6 Å². The first kappa shape index (κ1) is 24.6. The molecule has 2 aromatic rings. The van der Waals surface area contributed by atoms with E-state index in [4.69, 9.17) is 14.2 Å². The molecule has 9 rings (SSSR count). The summed E-state index contributed by atoms with van der Waals surface area (Å²) in [6.07, 6.45) is 14.1. The lowest BCUT2D eigenvalue weighted by atomic mass is 9.81. The summed E-state index contributed by atoms with van der Waals surface area (Å²) in [5.74, 6) is 0.532. The van der Waals surface area contributed by atoms with E-state index < -0.39 is 16.8 Å². The van der Waals surface area contributed by atoms with Crippen molar-refractivity contribution in [3.63, 3.8) is 0 Å². The molecule has 3 fully saturated rings. The summed E-state index contributed by atoms with van der Waals surface area (Å²) < 4.78 is 15.7. The van der Waals surface area contributed by atoms with E-state index in [-0.39, 0.29) is 17.3 Å². The Balaban J connectivity index is 0.0000000974. The Bertz CT molecular complexity index is 1480. The molecule has 3 saturated heterocycles. The predicted octanol–water partition coefficient (Wildman–Crippen LogP) is 5.01.